The molecule has 34 heavy (non-hydrogen) atoms. The van der Waals surface area contributed by atoms with Crippen molar-refractivity contribution in [3.8, 4) is 0 Å². The molecule has 0 aromatic heterocycles. The molecule has 0 aromatic carbocycles. The highest BCUT2D eigenvalue weighted by atomic mass is 16.5. The fraction of sp³-hybridized carbons (Fsp3) is 0.682. The fourth-order valence-corrected chi connectivity index (χ4v) is 2.82. The molecule has 12 heteroatoms. The third-order valence-corrected chi connectivity index (χ3v) is 5.05. The van der Waals surface area contributed by atoms with Crippen LogP contribution in [0.2, 0.25) is 0 Å². The normalized spacial score (nSPS) is 13.9. The first-order chi connectivity index (χ1) is 16.2. The van der Waals surface area contributed by atoms with Gasteiger partial charge in [-0.05, 0) is 19.8 Å². The van der Waals surface area contributed by atoms with Crippen molar-refractivity contribution < 1.29 is 43.3 Å². The minimum atomic E-state index is -1.06. The lowest BCUT2D eigenvalue weighted by atomic mass is 10.1. The van der Waals surface area contributed by atoms with E-state index in [1.807, 2.05) is 0 Å². The van der Waals surface area contributed by atoms with E-state index in [4.69, 9.17) is 19.3 Å². The minimum absolute atomic E-state index is 0.134. The molecule has 192 valence electrons. The standard InChI is InChI=1S/C22H35N3O9/c1-17(22(30)31)24(2)19(27)6-4-3-5-18(26)23-9-11-32-13-15-34-16-14-33-12-10-25-20(28)7-8-21(25)29/h7-8,17H,3-6,9-16H2,1-2H3,(H,23,26)(H,30,31)/t17-/m0/s1. The lowest BCUT2D eigenvalue weighted by Crippen LogP contribution is -2.40. The van der Waals surface area contributed by atoms with Gasteiger partial charge in [0.2, 0.25) is 11.8 Å². The Labute approximate surface area is 199 Å². The van der Waals surface area contributed by atoms with E-state index in [1.165, 1.54) is 31.0 Å². The largest absolute Gasteiger partial charge is 0.480 e. The Kier molecular flexibility index (Phi) is 14.4. The smallest absolute Gasteiger partial charge is 0.326 e. The Morgan fingerprint density at radius 3 is 2.06 bits per heavy atom. The van der Waals surface area contributed by atoms with Gasteiger partial charge in [-0.15, -0.1) is 0 Å². The Morgan fingerprint density at radius 2 is 1.47 bits per heavy atom. The maximum Gasteiger partial charge on any atom is 0.326 e. The highest BCUT2D eigenvalue weighted by Gasteiger charge is 2.22. The van der Waals surface area contributed by atoms with Crippen LogP contribution in [0.25, 0.3) is 0 Å². The van der Waals surface area contributed by atoms with Gasteiger partial charge in [-0.1, -0.05) is 0 Å². The highest BCUT2D eigenvalue weighted by Crippen LogP contribution is 2.06. The number of nitrogens with zero attached hydrogens (tertiary/aromatic N) is 2. The van der Waals surface area contributed by atoms with Gasteiger partial charge in [-0.3, -0.25) is 24.1 Å². The number of carboxylic acids is 1. The van der Waals surface area contributed by atoms with Gasteiger partial charge < -0.3 is 29.5 Å². The number of carboxylic acid groups (broad SMARTS) is 1. The third-order valence-electron chi connectivity index (χ3n) is 5.05. The summed E-state index contributed by atoms with van der Waals surface area (Å²) >= 11 is 0. The first-order valence-electron chi connectivity index (χ1n) is 11.3. The van der Waals surface area contributed by atoms with Crippen molar-refractivity contribution in [3.05, 3.63) is 12.2 Å². The summed E-state index contributed by atoms with van der Waals surface area (Å²) in [6.07, 6.45) is 3.98. The molecule has 0 bridgehead atoms. The zero-order chi connectivity index (χ0) is 25.3. The molecule has 1 atom stereocenters. The molecule has 1 aliphatic rings. The van der Waals surface area contributed by atoms with Crippen molar-refractivity contribution in [2.75, 3.05) is 59.8 Å². The first kappa shape index (κ1) is 29.2. The van der Waals surface area contributed by atoms with Gasteiger partial charge in [0.05, 0.1) is 46.2 Å². The Balaban J connectivity index is 1.87. The summed E-state index contributed by atoms with van der Waals surface area (Å²) in [4.78, 5) is 59.5. The van der Waals surface area contributed by atoms with Gasteiger partial charge in [-0.2, -0.15) is 0 Å². The van der Waals surface area contributed by atoms with Crippen LogP contribution in [0.4, 0.5) is 0 Å². The third kappa shape index (κ3) is 11.9. The summed E-state index contributed by atoms with van der Waals surface area (Å²) < 4.78 is 16.0. The molecule has 0 fully saturated rings. The molecule has 1 heterocycles. The zero-order valence-electron chi connectivity index (χ0n) is 19.8. The van der Waals surface area contributed by atoms with Crippen LogP contribution in [0, 0.1) is 0 Å². The van der Waals surface area contributed by atoms with Crippen LogP contribution in [0.1, 0.15) is 32.6 Å². The van der Waals surface area contributed by atoms with Crippen LogP contribution < -0.4 is 5.32 Å². The molecule has 0 aromatic rings. The van der Waals surface area contributed by atoms with Crippen LogP contribution >= 0.6 is 0 Å². The molecule has 2 N–H and O–H groups in total. The second-order valence-electron chi connectivity index (χ2n) is 7.57. The first-order valence-corrected chi connectivity index (χ1v) is 11.3. The van der Waals surface area contributed by atoms with Crippen LogP contribution in [0.15, 0.2) is 12.2 Å². The molecule has 0 spiro atoms. The van der Waals surface area contributed by atoms with Crippen molar-refractivity contribution in [2.24, 2.45) is 0 Å². The van der Waals surface area contributed by atoms with Gasteiger partial charge >= 0.3 is 5.97 Å². The van der Waals surface area contributed by atoms with E-state index in [2.05, 4.69) is 5.32 Å². The molecule has 1 aliphatic heterocycles. The summed E-state index contributed by atoms with van der Waals surface area (Å²) in [5.74, 6) is -2.11. The number of aliphatic carboxylic acids is 1. The monoisotopic (exact) mass is 485 g/mol. The van der Waals surface area contributed by atoms with Gasteiger partial charge in [-0.25, -0.2) is 4.79 Å². The predicted octanol–water partition coefficient (Wildman–Crippen LogP) is -0.431. The molecule has 0 saturated heterocycles. The molecule has 0 radical (unpaired) electrons. The predicted molar refractivity (Wildman–Crippen MR) is 120 cm³/mol. The lowest BCUT2D eigenvalue weighted by Gasteiger charge is -2.21. The summed E-state index contributed by atoms with van der Waals surface area (Å²) in [5.41, 5.74) is 0. The number of likely N-dealkylation sites (N-methyl/N-ethyl adjacent to an activating group) is 1. The summed E-state index contributed by atoms with van der Waals surface area (Å²) in [5, 5.41) is 11.6. The number of carbonyl (C=O) groups is 5. The van der Waals surface area contributed by atoms with E-state index in [0.717, 1.165) is 4.90 Å². The molecule has 4 amide bonds. The number of unbranched alkanes of at least 4 members (excludes halogenated alkanes) is 1. The van der Waals surface area contributed by atoms with Crippen LogP contribution in [0.5, 0.6) is 0 Å². The maximum atomic E-state index is 11.9. The van der Waals surface area contributed by atoms with Crippen molar-refractivity contribution >= 4 is 29.6 Å². The number of amides is 4. The summed E-state index contributed by atoms with van der Waals surface area (Å²) in [7, 11) is 1.45. The van der Waals surface area contributed by atoms with Gasteiger partial charge in [0.15, 0.2) is 0 Å². The number of hydrogen-bond donors (Lipinski definition) is 2. The second-order valence-corrected chi connectivity index (χ2v) is 7.57. The SMILES string of the molecule is C[C@@H](C(=O)O)N(C)C(=O)CCCCC(=O)NCCOCCOCCOCCN1C(=O)C=CC1=O. The van der Waals surface area contributed by atoms with E-state index >= 15 is 0 Å². The average Bonchev–Trinajstić information content (AvgIpc) is 3.13. The van der Waals surface area contributed by atoms with Gasteiger partial charge in [0.25, 0.3) is 11.8 Å². The summed E-state index contributed by atoms with van der Waals surface area (Å²) in [6, 6.07) is -0.877. The van der Waals surface area contributed by atoms with Crippen molar-refractivity contribution in [3.63, 3.8) is 0 Å². The second kappa shape index (κ2) is 16.7. The Hall–Kier alpha value is -2.83. The molecule has 0 aliphatic carbocycles. The fourth-order valence-electron chi connectivity index (χ4n) is 2.82. The van der Waals surface area contributed by atoms with Crippen molar-refractivity contribution in [1.82, 2.24) is 15.1 Å². The number of hydrogen-bond acceptors (Lipinski definition) is 8. The molecule has 0 saturated carbocycles. The molecular weight excluding hydrogens is 450 g/mol. The van der Waals surface area contributed by atoms with Crippen LogP contribution in [0.3, 0.4) is 0 Å². The van der Waals surface area contributed by atoms with Crippen molar-refractivity contribution in [2.45, 2.75) is 38.6 Å². The van der Waals surface area contributed by atoms with E-state index < -0.39 is 12.0 Å². The Bertz CT molecular complexity index is 708. The van der Waals surface area contributed by atoms with Gasteiger partial charge in [0, 0.05) is 38.6 Å². The van der Waals surface area contributed by atoms with E-state index in [0.29, 0.717) is 52.4 Å². The number of imide groups is 1. The number of carbonyl (C=O) groups excluding carboxylic acids is 4. The average molecular weight is 486 g/mol. The molecule has 0 unspecified atom stereocenters. The lowest BCUT2D eigenvalue weighted by molar-refractivity contribution is -0.148. The van der Waals surface area contributed by atoms with Crippen LogP contribution in [-0.2, 0) is 38.2 Å². The number of rotatable bonds is 19. The number of nitrogens with one attached hydrogen (secondary N) is 1. The summed E-state index contributed by atoms with van der Waals surface area (Å²) in [6.45, 7) is 4.03. The van der Waals surface area contributed by atoms with Crippen molar-refractivity contribution in [1.29, 1.82) is 0 Å². The van der Waals surface area contributed by atoms with E-state index in [9.17, 15) is 24.0 Å². The highest BCUT2D eigenvalue weighted by molar-refractivity contribution is 6.12. The number of ether oxygens (including phenoxy) is 3. The molecule has 1 rings (SSSR count). The minimum Gasteiger partial charge on any atom is -0.480 e. The zero-order valence-corrected chi connectivity index (χ0v) is 19.8. The molecular formula is C22H35N3O9. The van der Waals surface area contributed by atoms with E-state index in [-0.39, 0.29) is 49.6 Å². The Morgan fingerprint density at radius 1 is 0.941 bits per heavy atom. The van der Waals surface area contributed by atoms with E-state index in [1.54, 1.807) is 0 Å². The maximum absolute atomic E-state index is 11.9. The van der Waals surface area contributed by atoms with Gasteiger partial charge in [0.1, 0.15) is 6.04 Å². The quantitative estimate of drug-likeness (QED) is 0.183. The molecule has 12 nitrogen and oxygen atoms in total. The topological polar surface area (TPSA) is 152 Å². The van der Waals surface area contributed by atoms with Crippen LogP contribution in [-0.4, -0.2) is 110 Å².